The summed E-state index contributed by atoms with van der Waals surface area (Å²) in [6, 6.07) is 56.5. The lowest BCUT2D eigenvalue weighted by Crippen LogP contribution is -2.23. The van der Waals surface area contributed by atoms with Crippen LogP contribution in [0.5, 0.6) is 0 Å². The normalized spacial score (nSPS) is 13.3. The summed E-state index contributed by atoms with van der Waals surface area (Å²) in [5.74, 6) is 0. The summed E-state index contributed by atoms with van der Waals surface area (Å²) in [5.41, 5.74) is 14.2. The first kappa shape index (κ1) is 38.8. The van der Waals surface area contributed by atoms with Gasteiger partial charge in [0.25, 0.3) is 0 Å². The van der Waals surface area contributed by atoms with Crippen LogP contribution in [-0.2, 0) is 36.4 Å². The molecule has 67 heavy (non-hydrogen) atoms. The molecule has 4 aromatic heterocycles. The van der Waals surface area contributed by atoms with Crippen molar-refractivity contribution in [3.63, 3.8) is 0 Å². The van der Waals surface area contributed by atoms with Gasteiger partial charge in [-0.3, -0.25) is 15.0 Å². The molecule has 0 saturated carbocycles. The van der Waals surface area contributed by atoms with E-state index < -0.39 is 23.6 Å². The average Bonchev–Trinajstić information content (AvgIpc) is 3.74. The second-order valence-electron chi connectivity index (χ2n) is 19.3. The number of furan rings is 1. The molecule has 4 heteroatoms. The van der Waals surface area contributed by atoms with Crippen LogP contribution in [0.1, 0.15) is 77.7 Å². The van der Waals surface area contributed by atoms with Crippen LogP contribution >= 0.6 is 0 Å². The summed E-state index contributed by atoms with van der Waals surface area (Å²) < 4.78 is 46.0. The molecule has 0 aliphatic carbocycles. The second-order valence-corrected chi connectivity index (χ2v) is 19.3. The van der Waals surface area contributed by atoms with Gasteiger partial charge >= 0.3 is 0 Å². The molecule has 0 spiro atoms. The maximum atomic E-state index is 9.99. The molecule has 4 heterocycles. The van der Waals surface area contributed by atoms with Gasteiger partial charge in [-0.25, -0.2) is 0 Å². The van der Waals surface area contributed by atoms with Gasteiger partial charge in [0.15, 0.2) is 0 Å². The van der Waals surface area contributed by atoms with Gasteiger partial charge in [-0.1, -0.05) is 154 Å². The number of hydrogen-bond acceptors (Lipinski definition) is 4. The fourth-order valence-electron chi connectivity index (χ4n) is 9.40. The van der Waals surface area contributed by atoms with Crippen LogP contribution in [0.2, 0.25) is 0 Å². The van der Waals surface area contributed by atoms with E-state index in [0.717, 1.165) is 77.8 Å². The Morgan fingerprint density at radius 2 is 0.970 bits per heavy atom. The highest BCUT2D eigenvalue weighted by Crippen LogP contribution is 2.36. The van der Waals surface area contributed by atoms with E-state index in [2.05, 4.69) is 114 Å². The number of rotatable bonds is 13. The maximum Gasteiger partial charge on any atom is 0.135 e. The minimum atomic E-state index is -2.54. The number of para-hydroxylation sites is 1. The van der Waals surface area contributed by atoms with Crippen molar-refractivity contribution in [3.8, 4) is 44.9 Å². The first-order valence-corrected chi connectivity index (χ1v) is 23.1. The van der Waals surface area contributed by atoms with Gasteiger partial charge in [0.1, 0.15) is 11.2 Å². The molecule has 0 N–H and O–H groups in total. The van der Waals surface area contributed by atoms with Crippen LogP contribution in [0.3, 0.4) is 0 Å². The summed E-state index contributed by atoms with van der Waals surface area (Å²) in [6.07, 6.45) is 1.51. The van der Waals surface area contributed by atoms with Crippen LogP contribution in [0.4, 0.5) is 0 Å². The van der Waals surface area contributed by atoms with Crippen molar-refractivity contribution in [1.82, 2.24) is 15.0 Å². The molecular weight excluding hydrogens is 815 g/mol. The summed E-state index contributed by atoms with van der Waals surface area (Å²) in [4.78, 5) is 14.7. The third-order valence-electron chi connectivity index (χ3n) is 13.1. The summed E-state index contributed by atoms with van der Waals surface area (Å²) >= 11 is 0. The standard InChI is InChI=1S/C63H57N3O/c1-42-14-12-18-48(30-42)57-27-25-52(40-65-57)62(3,4)37-45-32-44(33-46(34-45)38-63(5,6)53-26-28-58(66-41-53)49-19-13-15-43(2)31-49)22-23-51-39-64-59(36-55(51)47-16-8-7-9-17-47)50-24-29-61-56(35-50)54-20-10-11-21-60(54)67-61/h7-21,24-36,39-41H,22-23,37-38H2,1-6H3/i22D2,23D2. The molecule has 330 valence electrons. The van der Waals surface area contributed by atoms with Gasteiger partial charge in [-0.05, 0) is 149 Å². The number of hydrogen-bond donors (Lipinski definition) is 0. The van der Waals surface area contributed by atoms with Gasteiger partial charge in [0.2, 0.25) is 0 Å². The van der Waals surface area contributed by atoms with E-state index in [9.17, 15) is 5.48 Å². The van der Waals surface area contributed by atoms with E-state index >= 15 is 0 Å². The third kappa shape index (κ3) is 9.49. The van der Waals surface area contributed by atoms with Crippen molar-refractivity contribution >= 4 is 21.9 Å². The molecule has 0 bridgehead atoms. The Bertz CT molecular complexity index is 3440. The topological polar surface area (TPSA) is 51.8 Å². The number of fused-ring (bicyclic) bond motifs is 3. The van der Waals surface area contributed by atoms with Gasteiger partial charge in [-0.2, -0.15) is 0 Å². The SMILES string of the molecule is [2H]C([2H])(c1cc(CC(C)(C)c2ccc(-c3cccc(C)c3)nc2)cc(CC(C)(C)c2ccc(-c3cccc(C)c3)nc2)c1)C([2H])([2H])c1cnc(-c2ccc3oc4ccccc4c3c2)cc1-c1ccccc1. The van der Waals surface area contributed by atoms with Crippen LogP contribution in [0.15, 0.2) is 193 Å². The molecule has 0 amide bonds. The van der Waals surface area contributed by atoms with E-state index in [1.807, 2.05) is 109 Å². The van der Waals surface area contributed by atoms with Crippen molar-refractivity contribution in [2.75, 3.05) is 0 Å². The molecular formula is C63H57N3O. The maximum absolute atomic E-state index is 9.99. The first-order chi connectivity index (χ1) is 33.9. The Kier molecular flexibility index (Phi) is 10.5. The molecule has 0 unspecified atom stereocenters. The lowest BCUT2D eigenvalue weighted by Gasteiger charge is -2.28. The van der Waals surface area contributed by atoms with Gasteiger partial charge in [-0.15, -0.1) is 0 Å². The van der Waals surface area contributed by atoms with Gasteiger partial charge < -0.3 is 4.42 Å². The third-order valence-corrected chi connectivity index (χ3v) is 13.1. The Hall–Kier alpha value is -7.43. The fourth-order valence-corrected chi connectivity index (χ4v) is 9.40. The van der Waals surface area contributed by atoms with Crippen LogP contribution in [0.25, 0.3) is 66.8 Å². The Labute approximate surface area is 401 Å². The minimum absolute atomic E-state index is 0.166. The Morgan fingerprint density at radius 3 is 1.57 bits per heavy atom. The molecule has 0 aliphatic rings. The minimum Gasteiger partial charge on any atom is -0.456 e. The molecule has 0 fully saturated rings. The van der Waals surface area contributed by atoms with Crippen LogP contribution < -0.4 is 0 Å². The lowest BCUT2D eigenvalue weighted by atomic mass is 9.77. The van der Waals surface area contributed by atoms with Crippen molar-refractivity contribution in [1.29, 1.82) is 0 Å². The summed E-state index contributed by atoms with van der Waals surface area (Å²) in [5, 5.41) is 1.97. The van der Waals surface area contributed by atoms with E-state index in [0.29, 0.717) is 24.1 Å². The fraction of sp³-hybridized carbons (Fsp3) is 0.190. The lowest BCUT2D eigenvalue weighted by molar-refractivity contribution is 0.512. The molecule has 10 aromatic rings. The molecule has 0 atom stereocenters. The summed E-state index contributed by atoms with van der Waals surface area (Å²) in [6.45, 7) is 12.9. The zero-order valence-electron chi connectivity index (χ0n) is 43.1. The number of aryl methyl sites for hydroxylation is 4. The number of nitrogens with zero attached hydrogens (tertiary/aromatic N) is 3. The van der Waals surface area contributed by atoms with Crippen LogP contribution in [-0.4, -0.2) is 15.0 Å². The zero-order chi connectivity index (χ0) is 49.7. The van der Waals surface area contributed by atoms with Crippen molar-refractivity contribution < 1.29 is 9.90 Å². The van der Waals surface area contributed by atoms with Gasteiger partial charge in [0, 0.05) is 51.5 Å². The van der Waals surface area contributed by atoms with Crippen LogP contribution in [0, 0.1) is 13.8 Å². The highest BCUT2D eigenvalue weighted by Gasteiger charge is 2.26. The number of pyridine rings is 3. The molecule has 0 saturated heterocycles. The number of benzene rings is 6. The van der Waals surface area contributed by atoms with Crippen molar-refractivity contribution in [3.05, 3.63) is 233 Å². The Morgan fingerprint density at radius 1 is 0.433 bits per heavy atom. The predicted molar refractivity (Wildman–Crippen MR) is 279 cm³/mol. The largest absolute Gasteiger partial charge is 0.456 e. The smallest absolute Gasteiger partial charge is 0.135 e. The molecule has 4 nitrogen and oxygen atoms in total. The van der Waals surface area contributed by atoms with Gasteiger partial charge in [0.05, 0.1) is 17.1 Å². The Balaban J connectivity index is 1.04. The highest BCUT2D eigenvalue weighted by molar-refractivity contribution is 6.06. The van der Waals surface area contributed by atoms with E-state index in [-0.39, 0.29) is 11.1 Å². The first-order valence-electron chi connectivity index (χ1n) is 25.1. The van der Waals surface area contributed by atoms with E-state index in [4.69, 9.17) is 19.4 Å². The highest BCUT2D eigenvalue weighted by atomic mass is 16.3. The second kappa shape index (κ2) is 18.1. The van der Waals surface area contributed by atoms with E-state index in [1.165, 1.54) is 17.3 Å². The van der Waals surface area contributed by atoms with Crippen molar-refractivity contribution in [2.45, 2.75) is 78.0 Å². The monoisotopic (exact) mass is 875 g/mol. The zero-order valence-corrected chi connectivity index (χ0v) is 39.1. The quantitative estimate of drug-likeness (QED) is 0.116. The molecule has 0 aliphatic heterocycles. The number of aromatic nitrogens is 3. The molecule has 6 aromatic carbocycles. The summed E-state index contributed by atoms with van der Waals surface area (Å²) in [7, 11) is 0. The predicted octanol–water partition coefficient (Wildman–Crippen LogP) is 15.9. The molecule has 10 rings (SSSR count). The average molecular weight is 876 g/mol. The van der Waals surface area contributed by atoms with Crippen molar-refractivity contribution in [2.24, 2.45) is 0 Å². The van der Waals surface area contributed by atoms with E-state index in [1.54, 1.807) is 0 Å². The molecule has 0 radical (unpaired) electrons.